The molecular weight excluding hydrogens is 603 g/mol. The zero-order valence-electron chi connectivity index (χ0n) is 26.4. The van der Waals surface area contributed by atoms with Gasteiger partial charge in [-0.25, -0.2) is 9.37 Å². The summed E-state index contributed by atoms with van der Waals surface area (Å²) >= 11 is 6.19. The Morgan fingerprint density at radius 1 is 1.09 bits per heavy atom. The second-order valence-electron chi connectivity index (χ2n) is 11.8. The van der Waals surface area contributed by atoms with Gasteiger partial charge in [0.25, 0.3) is 5.91 Å². The quantitative estimate of drug-likeness (QED) is 0.180. The van der Waals surface area contributed by atoms with Crippen LogP contribution in [0.2, 0.25) is 0 Å². The van der Waals surface area contributed by atoms with Crippen LogP contribution in [0.1, 0.15) is 46.9 Å². The molecule has 5 aromatic rings. The van der Waals surface area contributed by atoms with Crippen LogP contribution in [0, 0.1) is 24.3 Å². The largest absolute Gasteiger partial charge is 0.367 e. The number of pyridine rings is 3. The molecule has 1 aromatic carbocycles. The first-order valence-corrected chi connectivity index (χ1v) is 15.5. The molecular formula is C34H35FN8O2S. The maximum Gasteiger partial charge on any atom is 0.256 e. The molecule has 2 amide bonds. The number of carbonyl (C=O) groups is 2. The lowest BCUT2D eigenvalue weighted by Crippen LogP contribution is -2.49. The van der Waals surface area contributed by atoms with E-state index in [0.29, 0.717) is 54.2 Å². The average Bonchev–Trinajstić information content (AvgIpc) is 3.53. The summed E-state index contributed by atoms with van der Waals surface area (Å²) in [5.41, 5.74) is 5.80. The van der Waals surface area contributed by atoms with Crippen molar-refractivity contribution >= 4 is 51.7 Å². The molecule has 0 aliphatic carbocycles. The molecule has 12 heteroatoms. The molecule has 10 nitrogen and oxygen atoms in total. The minimum Gasteiger partial charge on any atom is -0.367 e. The Morgan fingerprint density at radius 2 is 1.83 bits per heavy atom. The predicted octanol–water partition coefficient (Wildman–Crippen LogP) is 5.77. The highest BCUT2D eigenvalue weighted by molar-refractivity contribution is 7.71. The molecule has 1 saturated heterocycles. The Hall–Kier alpha value is -4.97. The maximum atomic E-state index is 16.6. The molecule has 0 spiro atoms. The van der Waals surface area contributed by atoms with Gasteiger partial charge in [0.1, 0.15) is 21.8 Å². The van der Waals surface area contributed by atoms with Crippen molar-refractivity contribution in [1.82, 2.24) is 34.9 Å². The van der Waals surface area contributed by atoms with Crippen molar-refractivity contribution in [2.24, 2.45) is 0 Å². The number of aryl methyl sites for hydroxylation is 2. The lowest BCUT2D eigenvalue weighted by Gasteiger charge is -2.37. The molecule has 1 aliphatic rings. The van der Waals surface area contributed by atoms with Crippen LogP contribution in [0.15, 0.2) is 49.3 Å². The number of anilines is 1. The number of piperazine rings is 1. The number of hydrogen-bond donors (Lipinski definition) is 2. The van der Waals surface area contributed by atoms with E-state index < -0.39 is 11.7 Å². The smallest absolute Gasteiger partial charge is 0.256 e. The zero-order valence-corrected chi connectivity index (χ0v) is 27.3. The van der Waals surface area contributed by atoms with Crippen molar-refractivity contribution in [3.8, 4) is 16.9 Å². The monoisotopic (exact) mass is 638 g/mol. The molecule has 46 heavy (non-hydrogen) atoms. The lowest BCUT2D eigenvalue weighted by atomic mass is 9.99. The number of fused-ring (bicyclic) bond motifs is 2. The summed E-state index contributed by atoms with van der Waals surface area (Å²) in [6.45, 7) is 13.2. The molecule has 2 N–H and O–H groups in total. The first-order chi connectivity index (χ1) is 22.1. The Kier molecular flexibility index (Phi) is 8.15. The van der Waals surface area contributed by atoms with Gasteiger partial charge in [-0.1, -0.05) is 38.7 Å². The first-order valence-electron chi connectivity index (χ1n) is 15.1. The van der Waals surface area contributed by atoms with Gasteiger partial charge in [0.2, 0.25) is 5.91 Å². The third-order valence-corrected chi connectivity index (χ3v) is 8.99. The fourth-order valence-corrected chi connectivity index (χ4v) is 6.68. The van der Waals surface area contributed by atoms with Crippen molar-refractivity contribution < 1.29 is 14.0 Å². The number of aromatic amines is 1. The van der Waals surface area contributed by atoms with E-state index in [-0.39, 0.29) is 27.7 Å². The van der Waals surface area contributed by atoms with Crippen molar-refractivity contribution in [1.29, 1.82) is 0 Å². The number of nitrogens with zero attached hydrogens (tertiary/aromatic N) is 6. The molecule has 236 valence electrons. The van der Waals surface area contributed by atoms with E-state index in [1.54, 1.807) is 28.9 Å². The molecule has 5 heterocycles. The number of hydrogen-bond acceptors (Lipinski definition) is 7. The van der Waals surface area contributed by atoms with Crippen molar-refractivity contribution in [2.45, 2.75) is 33.6 Å². The van der Waals surface area contributed by atoms with Crippen LogP contribution in [0.25, 0.3) is 38.9 Å². The molecule has 0 radical (unpaired) electrons. The molecule has 0 unspecified atom stereocenters. The van der Waals surface area contributed by atoms with Gasteiger partial charge in [-0.2, -0.15) is 5.10 Å². The topological polar surface area (TPSA) is 112 Å². The maximum absolute atomic E-state index is 16.6. The van der Waals surface area contributed by atoms with E-state index in [1.165, 1.54) is 12.1 Å². The van der Waals surface area contributed by atoms with Gasteiger partial charge >= 0.3 is 0 Å². The van der Waals surface area contributed by atoms with E-state index in [1.807, 2.05) is 50.8 Å². The minimum absolute atomic E-state index is 0.00675. The number of nitrogens with one attached hydrogen (secondary N) is 2. The van der Waals surface area contributed by atoms with Gasteiger partial charge in [0.15, 0.2) is 0 Å². The molecule has 1 fully saturated rings. The van der Waals surface area contributed by atoms with E-state index in [9.17, 15) is 9.59 Å². The van der Waals surface area contributed by atoms with Crippen LogP contribution in [0.4, 0.5) is 10.1 Å². The predicted molar refractivity (Wildman–Crippen MR) is 181 cm³/mol. The van der Waals surface area contributed by atoms with Crippen LogP contribution >= 0.6 is 12.2 Å². The van der Waals surface area contributed by atoms with E-state index in [0.717, 1.165) is 27.7 Å². The number of aromatic nitrogens is 5. The third-order valence-electron chi connectivity index (χ3n) is 8.61. The normalized spacial score (nSPS) is 13.5. The van der Waals surface area contributed by atoms with Crippen LogP contribution in [0.5, 0.6) is 0 Å². The first kappa shape index (κ1) is 31.0. The van der Waals surface area contributed by atoms with Gasteiger partial charge in [-0.3, -0.25) is 24.2 Å². The lowest BCUT2D eigenvalue weighted by molar-refractivity contribution is -0.126. The van der Waals surface area contributed by atoms with E-state index >= 15 is 4.39 Å². The van der Waals surface area contributed by atoms with Gasteiger partial charge in [-0.05, 0) is 55.2 Å². The SMILES string of the molecule is C=CC(=O)N1CCN(c2c(C(=O)NC)c(=S)n(-c3c(C)ccnc3C(C)C)c3nc(-c4c(C)ccc5[nH]ncc45)c(F)cc23)CC1. The molecule has 1 aliphatic heterocycles. The van der Waals surface area contributed by atoms with Crippen LogP contribution in [-0.2, 0) is 4.79 Å². The van der Waals surface area contributed by atoms with Crippen molar-refractivity contribution in [2.75, 3.05) is 38.1 Å². The average molecular weight is 639 g/mol. The summed E-state index contributed by atoms with van der Waals surface area (Å²) in [6, 6.07) is 7.14. The van der Waals surface area contributed by atoms with Crippen LogP contribution < -0.4 is 10.2 Å². The number of benzene rings is 1. The van der Waals surface area contributed by atoms with E-state index in [2.05, 4.69) is 22.1 Å². The summed E-state index contributed by atoms with van der Waals surface area (Å²) in [7, 11) is 1.54. The minimum atomic E-state index is -0.551. The fraction of sp³-hybridized carbons (Fsp3) is 0.294. The third kappa shape index (κ3) is 5.02. The molecule has 0 atom stereocenters. The number of H-pyrrole nitrogens is 1. The number of halogens is 1. The summed E-state index contributed by atoms with van der Waals surface area (Å²) in [5.74, 6) is -1.12. The van der Waals surface area contributed by atoms with Crippen LogP contribution in [-0.4, -0.2) is 74.7 Å². The summed E-state index contributed by atoms with van der Waals surface area (Å²) in [6.07, 6.45) is 4.71. The summed E-state index contributed by atoms with van der Waals surface area (Å²) < 4.78 is 18.6. The van der Waals surface area contributed by atoms with Gasteiger partial charge in [0.05, 0.1) is 34.3 Å². The second-order valence-corrected chi connectivity index (χ2v) is 12.1. The summed E-state index contributed by atoms with van der Waals surface area (Å²) in [5, 5.41) is 11.1. The standard InChI is InChI=1S/C34H35FN8O2S/c1-7-25(44)41-12-14-42(15-13-41)31-21-16-23(35)29(26-19(4)8-9-24-22(26)17-38-40-24)39-32(21)43(34(46)27(31)33(45)36-6)30-20(5)10-11-37-28(30)18(2)3/h7-11,16-18H,1,12-15H2,2-6H3,(H,36,45)(H,38,40). The van der Waals surface area contributed by atoms with Crippen molar-refractivity contribution in [3.05, 3.63) is 82.2 Å². The Morgan fingerprint density at radius 3 is 2.50 bits per heavy atom. The second kappa shape index (κ2) is 12.1. The highest BCUT2D eigenvalue weighted by atomic mass is 32.1. The highest BCUT2D eigenvalue weighted by Crippen LogP contribution is 2.40. The molecule has 6 rings (SSSR count). The van der Waals surface area contributed by atoms with E-state index in [4.69, 9.17) is 22.2 Å². The Bertz CT molecular complexity index is 2110. The number of carbonyl (C=O) groups excluding carboxylic acids is 2. The Balaban J connectivity index is 1.75. The van der Waals surface area contributed by atoms with Gasteiger partial charge in [0, 0.05) is 55.8 Å². The fourth-order valence-electron chi connectivity index (χ4n) is 6.31. The molecule has 4 aromatic heterocycles. The van der Waals surface area contributed by atoms with Gasteiger partial charge in [-0.15, -0.1) is 0 Å². The highest BCUT2D eigenvalue weighted by Gasteiger charge is 2.31. The summed E-state index contributed by atoms with van der Waals surface area (Å²) in [4.78, 5) is 39.6. The zero-order chi connectivity index (χ0) is 32.9. The molecule has 0 saturated carbocycles. The van der Waals surface area contributed by atoms with Gasteiger partial charge < -0.3 is 15.1 Å². The number of amides is 2. The number of rotatable bonds is 6. The molecule has 0 bridgehead atoms. The Labute approximate surface area is 271 Å². The van der Waals surface area contributed by atoms with Crippen molar-refractivity contribution in [3.63, 3.8) is 0 Å². The van der Waals surface area contributed by atoms with Crippen LogP contribution in [0.3, 0.4) is 0 Å².